The number of aliphatic hydroxyl groups is 1. The van der Waals surface area contributed by atoms with Gasteiger partial charge in [0.15, 0.2) is 11.6 Å². The Bertz CT molecular complexity index is 448. The van der Waals surface area contributed by atoms with Gasteiger partial charge in [0, 0.05) is 12.6 Å². The zero-order valence-electron chi connectivity index (χ0n) is 11.0. The van der Waals surface area contributed by atoms with E-state index in [1.54, 1.807) is 6.92 Å². The van der Waals surface area contributed by atoms with Crippen LogP contribution in [0.2, 0.25) is 0 Å². The minimum Gasteiger partial charge on any atom is -0.505 e. The van der Waals surface area contributed by atoms with Crippen molar-refractivity contribution in [3.8, 4) is 5.75 Å². The summed E-state index contributed by atoms with van der Waals surface area (Å²) in [6.07, 6.45) is 3.78. The highest BCUT2D eigenvalue weighted by Gasteiger charge is 2.44. The molecule has 1 aliphatic heterocycles. The summed E-state index contributed by atoms with van der Waals surface area (Å²) < 4.78 is 0. The van der Waals surface area contributed by atoms with E-state index in [1.165, 1.54) is 18.8 Å². The first-order valence-electron chi connectivity index (χ1n) is 6.74. The molecule has 4 atom stereocenters. The minimum atomic E-state index is -1.12. The Morgan fingerprint density at radius 1 is 1.42 bits per heavy atom. The summed E-state index contributed by atoms with van der Waals surface area (Å²) in [5.74, 6) is 1.83. The summed E-state index contributed by atoms with van der Waals surface area (Å²) in [7, 11) is 0. The lowest BCUT2D eigenvalue weighted by Crippen LogP contribution is -2.53. The Kier molecular flexibility index (Phi) is 3.16. The highest BCUT2D eigenvalue weighted by Crippen LogP contribution is 2.37. The lowest BCUT2D eigenvalue weighted by Gasteiger charge is -2.41. The van der Waals surface area contributed by atoms with E-state index in [1.807, 2.05) is 0 Å². The van der Waals surface area contributed by atoms with Gasteiger partial charge < -0.3 is 20.8 Å². The molecular weight excluding hydrogens is 244 g/mol. The molecule has 1 saturated carbocycles. The van der Waals surface area contributed by atoms with Crippen LogP contribution in [0.15, 0.2) is 12.4 Å². The molecule has 2 fully saturated rings. The Morgan fingerprint density at radius 3 is 2.84 bits per heavy atom. The van der Waals surface area contributed by atoms with Crippen molar-refractivity contribution in [2.45, 2.75) is 25.0 Å². The normalized spacial score (nSPS) is 32.4. The van der Waals surface area contributed by atoms with Gasteiger partial charge in [0.05, 0.1) is 12.4 Å². The molecule has 6 nitrogen and oxygen atoms in total. The maximum atomic E-state index is 10.4. The summed E-state index contributed by atoms with van der Waals surface area (Å²) >= 11 is 0. The van der Waals surface area contributed by atoms with E-state index >= 15 is 0 Å². The number of hydrogen-bond acceptors (Lipinski definition) is 6. The second kappa shape index (κ2) is 4.70. The van der Waals surface area contributed by atoms with E-state index in [9.17, 15) is 5.11 Å². The maximum absolute atomic E-state index is 10.4. The molecule has 3 rings (SSSR count). The fraction of sp³-hybridized carbons (Fsp3) is 0.692. The van der Waals surface area contributed by atoms with E-state index in [2.05, 4.69) is 20.6 Å². The lowest BCUT2D eigenvalue weighted by atomic mass is 9.71. The molecule has 4 N–H and O–H groups in total. The predicted octanol–water partition coefficient (Wildman–Crippen LogP) is -0.413. The third-order valence-corrected chi connectivity index (χ3v) is 4.29. The molecule has 2 heterocycles. The summed E-state index contributed by atoms with van der Waals surface area (Å²) in [5.41, 5.74) is -1.12. The van der Waals surface area contributed by atoms with Gasteiger partial charge in [-0.1, -0.05) is 0 Å². The van der Waals surface area contributed by atoms with Gasteiger partial charge in [-0.05, 0) is 38.3 Å². The second-order valence-corrected chi connectivity index (χ2v) is 5.84. The van der Waals surface area contributed by atoms with Gasteiger partial charge in [-0.2, -0.15) is 0 Å². The monoisotopic (exact) mass is 264 g/mol. The Balaban J connectivity index is 1.57. The van der Waals surface area contributed by atoms with Crippen molar-refractivity contribution in [2.75, 3.05) is 19.6 Å². The molecule has 2 aliphatic rings. The third kappa shape index (κ3) is 2.43. The van der Waals surface area contributed by atoms with Crippen LogP contribution in [0.1, 0.15) is 19.2 Å². The van der Waals surface area contributed by atoms with Gasteiger partial charge in [0.2, 0.25) is 0 Å². The fourth-order valence-corrected chi connectivity index (χ4v) is 3.03. The summed E-state index contributed by atoms with van der Waals surface area (Å²) in [6.45, 7) is 4.31. The van der Waals surface area contributed by atoms with Gasteiger partial charge in [0.25, 0.3) is 0 Å². The molecule has 0 aromatic carbocycles. The molecule has 1 aromatic rings. The topological polar surface area (TPSA) is 90.3 Å². The van der Waals surface area contributed by atoms with Crippen LogP contribution in [0.5, 0.6) is 5.75 Å². The number of hydrogen-bond donors (Lipinski definition) is 4. The van der Waals surface area contributed by atoms with Crippen LogP contribution in [0, 0.1) is 11.8 Å². The molecule has 6 heteroatoms. The fourth-order valence-electron chi connectivity index (χ4n) is 3.03. The quantitative estimate of drug-likeness (QED) is 0.591. The molecule has 1 aromatic heterocycles. The number of aromatic hydroxyl groups is 1. The molecule has 19 heavy (non-hydrogen) atoms. The molecule has 1 saturated heterocycles. The van der Waals surface area contributed by atoms with Gasteiger partial charge in [0.1, 0.15) is 5.60 Å². The van der Waals surface area contributed by atoms with E-state index in [4.69, 9.17) is 5.11 Å². The van der Waals surface area contributed by atoms with Crippen molar-refractivity contribution in [2.24, 2.45) is 11.8 Å². The largest absolute Gasteiger partial charge is 0.505 e. The van der Waals surface area contributed by atoms with Crippen LogP contribution in [0.25, 0.3) is 0 Å². The summed E-state index contributed by atoms with van der Waals surface area (Å²) in [5, 5.41) is 26.4. The number of nitrogens with zero attached hydrogens (tertiary/aromatic N) is 2. The van der Waals surface area contributed by atoms with Crippen molar-refractivity contribution in [3.63, 3.8) is 0 Å². The number of rotatable bonds is 4. The second-order valence-electron chi connectivity index (χ2n) is 5.84. The van der Waals surface area contributed by atoms with E-state index in [0.29, 0.717) is 24.3 Å². The smallest absolute Gasteiger partial charge is 0.161 e. The summed E-state index contributed by atoms with van der Waals surface area (Å²) in [6, 6.07) is 0.476. The van der Waals surface area contributed by atoms with Crippen LogP contribution in [-0.4, -0.2) is 45.9 Å². The highest BCUT2D eigenvalue weighted by atomic mass is 16.3. The SMILES string of the molecule is CC(O)(CN[C@@H]1C[C@@H]2CNC[C@@H]21)c1ncc(O)cn1. The van der Waals surface area contributed by atoms with E-state index < -0.39 is 5.60 Å². The van der Waals surface area contributed by atoms with Crippen LogP contribution in [-0.2, 0) is 5.60 Å². The van der Waals surface area contributed by atoms with Gasteiger partial charge in [-0.15, -0.1) is 0 Å². The molecule has 1 unspecified atom stereocenters. The molecular formula is C13H20N4O2. The van der Waals surface area contributed by atoms with Crippen molar-refractivity contribution < 1.29 is 10.2 Å². The van der Waals surface area contributed by atoms with E-state index in [0.717, 1.165) is 19.0 Å². The number of aromatic nitrogens is 2. The Labute approximate surface area is 112 Å². The minimum absolute atomic E-state index is 0.00590. The Morgan fingerprint density at radius 2 is 2.16 bits per heavy atom. The van der Waals surface area contributed by atoms with Gasteiger partial charge >= 0.3 is 0 Å². The first-order valence-corrected chi connectivity index (χ1v) is 6.74. The summed E-state index contributed by atoms with van der Waals surface area (Å²) in [4.78, 5) is 7.95. The lowest BCUT2D eigenvalue weighted by molar-refractivity contribution is 0.0313. The van der Waals surface area contributed by atoms with Crippen LogP contribution < -0.4 is 10.6 Å². The average molecular weight is 264 g/mol. The van der Waals surface area contributed by atoms with Gasteiger partial charge in [-0.3, -0.25) is 0 Å². The molecule has 0 amide bonds. The average Bonchev–Trinajstić information content (AvgIpc) is 2.72. The third-order valence-electron chi connectivity index (χ3n) is 4.29. The van der Waals surface area contributed by atoms with Crippen LogP contribution in [0.4, 0.5) is 0 Å². The molecule has 0 bridgehead atoms. The van der Waals surface area contributed by atoms with Crippen LogP contribution in [0.3, 0.4) is 0 Å². The predicted molar refractivity (Wildman–Crippen MR) is 69.5 cm³/mol. The first kappa shape index (κ1) is 12.8. The molecule has 0 radical (unpaired) electrons. The van der Waals surface area contributed by atoms with Crippen LogP contribution >= 0.6 is 0 Å². The number of nitrogens with one attached hydrogen (secondary N) is 2. The number of fused-ring (bicyclic) bond motifs is 1. The first-order chi connectivity index (χ1) is 9.06. The van der Waals surface area contributed by atoms with Crippen molar-refractivity contribution in [3.05, 3.63) is 18.2 Å². The Hall–Kier alpha value is -1.24. The molecule has 104 valence electrons. The van der Waals surface area contributed by atoms with Crippen molar-refractivity contribution in [1.82, 2.24) is 20.6 Å². The van der Waals surface area contributed by atoms with Crippen molar-refractivity contribution >= 4 is 0 Å². The highest BCUT2D eigenvalue weighted by molar-refractivity contribution is 5.13. The van der Waals surface area contributed by atoms with Crippen molar-refractivity contribution in [1.29, 1.82) is 0 Å². The molecule has 1 aliphatic carbocycles. The van der Waals surface area contributed by atoms with Gasteiger partial charge in [-0.25, -0.2) is 9.97 Å². The maximum Gasteiger partial charge on any atom is 0.161 e. The standard InChI is InChI=1S/C13H20N4O2/c1-13(19,12-15-4-9(18)5-16-12)7-17-11-2-8-3-14-6-10(8)11/h4-5,8,10-11,14,17-19H,2-3,6-7H2,1H3/t8-,10+,11-,13?/m1/s1. The zero-order chi connectivity index (χ0) is 13.5. The van der Waals surface area contributed by atoms with E-state index in [-0.39, 0.29) is 5.75 Å². The molecule has 0 spiro atoms. The zero-order valence-corrected chi connectivity index (χ0v) is 11.0.